The number of carbonyl (C=O) groups excluding carboxylic acids is 1. The van der Waals surface area contributed by atoms with E-state index in [1.807, 2.05) is 6.92 Å². The molecule has 0 aliphatic rings. The van der Waals surface area contributed by atoms with Gasteiger partial charge in [-0.15, -0.1) is 11.8 Å². The maximum Gasteiger partial charge on any atom is 0.230 e. The molecule has 2 N–H and O–H groups in total. The third-order valence-corrected chi connectivity index (χ3v) is 4.13. The van der Waals surface area contributed by atoms with Crippen molar-refractivity contribution in [2.24, 2.45) is 5.92 Å². The second-order valence-electron chi connectivity index (χ2n) is 5.26. The Morgan fingerprint density at radius 1 is 1.35 bits per heavy atom. The van der Waals surface area contributed by atoms with Crippen molar-refractivity contribution in [2.45, 2.75) is 32.4 Å². The van der Waals surface area contributed by atoms with Gasteiger partial charge in [0.1, 0.15) is 0 Å². The average molecular weight is 295 g/mol. The summed E-state index contributed by atoms with van der Waals surface area (Å²) in [7, 11) is 0. The summed E-state index contributed by atoms with van der Waals surface area (Å²) in [5.74, 6) is 1.79. The van der Waals surface area contributed by atoms with Crippen LogP contribution in [0.25, 0.3) is 0 Å². The lowest BCUT2D eigenvalue weighted by Crippen LogP contribution is -2.26. The van der Waals surface area contributed by atoms with Gasteiger partial charge in [0, 0.05) is 18.9 Å². The smallest absolute Gasteiger partial charge is 0.230 e. The van der Waals surface area contributed by atoms with Crippen molar-refractivity contribution in [3.05, 3.63) is 35.4 Å². The van der Waals surface area contributed by atoms with E-state index in [-0.39, 0.29) is 12.5 Å². The van der Waals surface area contributed by atoms with Crippen molar-refractivity contribution < 1.29 is 9.90 Å². The topological polar surface area (TPSA) is 49.3 Å². The van der Waals surface area contributed by atoms with Gasteiger partial charge in [0.2, 0.25) is 5.91 Å². The second kappa shape index (κ2) is 9.83. The van der Waals surface area contributed by atoms with E-state index in [1.165, 1.54) is 11.1 Å². The molecule has 1 aromatic rings. The molecule has 0 aliphatic heterocycles. The van der Waals surface area contributed by atoms with Crippen molar-refractivity contribution in [2.75, 3.05) is 18.9 Å². The normalized spacial score (nSPS) is 12.2. The molecule has 1 rings (SSSR count). The Labute approximate surface area is 126 Å². The molecule has 0 aliphatic carbocycles. The van der Waals surface area contributed by atoms with Gasteiger partial charge in [-0.3, -0.25) is 4.79 Å². The van der Waals surface area contributed by atoms with Gasteiger partial charge in [-0.2, -0.15) is 0 Å². The minimum atomic E-state index is 0.0961. The van der Waals surface area contributed by atoms with E-state index >= 15 is 0 Å². The molecular weight excluding hydrogens is 270 g/mol. The largest absolute Gasteiger partial charge is 0.396 e. The summed E-state index contributed by atoms with van der Waals surface area (Å²) in [4.78, 5) is 11.6. The Kier molecular flexibility index (Phi) is 8.38. The van der Waals surface area contributed by atoms with Crippen molar-refractivity contribution in [1.29, 1.82) is 0 Å². The third-order valence-electron chi connectivity index (χ3n) is 3.13. The predicted molar refractivity (Wildman–Crippen MR) is 85.8 cm³/mol. The van der Waals surface area contributed by atoms with Crippen LogP contribution in [-0.2, 0) is 10.5 Å². The van der Waals surface area contributed by atoms with Gasteiger partial charge >= 0.3 is 0 Å². The summed E-state index contributed by atoms with van der Waals surface area (Å²) in [6.07, 6.45) is 1.88. The van der Waals surface area contributed by atoms with E-state index in [1.54, 1.807) is 11.8 Å². The SMILES string of the molecule is Cc1ccc(CSCC(=O)NCCCC(C)CO)cc1. The van der Waals surface area contributed by atoms with Crippen LogP contribution in [0.2, 0.25) is 0 Å². The van der Waals surface area contributed by atoms with Gasteiger partial charge in [-0.1, -0.05) is 36.8 Å². The Hall–Kier alpha value is -1.00. The van der Waals surface area contributed by atoms with Crippen LogP contribution >= 0.6 is 11.8 Å². The monoisotopic (exact) mass is 295 g/mol. The second-order valence-corrected chi connectivity index (χ2v) is 6.24. The van der Waals surface area contributed by atoms with E-state index in [4.69, 9.17) is 5.11 Å². The Morgan fingerprint density at radius 2 is 2.05 bits per heavy atom. The highest BCUT2D eigenvalue weighted by molar-refractivity contribution is 7.99. The highest BCUT2D eigenvalue weighted by atomic mass is 32.2. The maximum atomic E-state index is 11.6. The number of amides is 1. The molecule has 0 radical (unpaired) electrons. The van der Waals surface area contributed by atoms with Gasteiger partial charge in [0.15, 0.2) is 0 Å². The highest BCUT2D eigenvalue weighted by Gasteiger charge is 2.03. The Morgan fingerprint density at radius 3 is 2.70 bits per heavy atom. The van der Waals surface area contributed by atoms with Gasteiger partial charge in [0.25, 0.3) is 0 Å². The number of hydrogen-bond acceptors (Lipinski definition) is 3. The maximum absolute atomic E-state index is 11.6. The summed E-state index contributed by atoms with van der Waals surface area (Å²) in [6.45, 7) is 5.01. The molecule has 112 valence electrons. The Balaban J connectivity index is 2.07. The summed E-state index contributed by atoms with van der Waals surface area (Å²) < 4.78 is 0. The van der Waals surface area contributed by atoms with Crippen LogP contribution in [0.3, 0.4) is 0 Å². The van der Waals surface area contributed by atoms with Crippen LogP contribution in [0.15, 0.2) is 24.3 Å². The van der Waals surface area contributed by atoms with Crippen molar-refractivity contribution in [3.63, 3.8) is 0 Å². The summed E-state index contributed by atoms with van der Waals surface area (Å²) in [5.41, 5.74) is 2.51. The lowest BCUT2D eigenvalue weighted by molar-refractivity contribution is -0.118. The molecule has 0 saturated heterocycles. The zero-order valence-electron chi connectivity index (χ0n) is 12.4. The number of aliphatic hydroxyl groups is 1. The number of benzene rings is 1. The first-order valence-electron chi connectivity index (χ1n) is 7.12. The molecule has 0 fully saturated rings. The van der Waals surface area contributed by atoms with Gasteiger partial charge in [0.05, 0.1) is 5.75 Å². The standard InChI is InChI=1S/C16H25NO2S/c1-13-5-7-15(8-6-13)11-20-12-16(19)17-9-3-4-14(2)10-18/h5-8,14,18H,3-4,9-12H2,1-2H3,(H,17,19). The summed E-state index contributed by atoms with van der Waals surface area (Å²) in [5, 5.41) is 11.8. The molecule has 1 unspecified atom stereocenters. The fourth-order valence-electron chi connectivity index (χ4n) is 1.77. The van der Waals surface area contributed by atoms with Crippen LogP contribution in [-0.4, -0.2) is 29.9 Å². The first-order valence-corrected chi connectivity index (χ1v) is 8.28. The van der Waals surface area contributed by atoms with Gasteiger partial charge < -0.3 is 10.4 Å². The fourth-order valence-corrected chi connectivity index (χ4v) is 2.58. The number of aryl methyl sites for hydroxylation is 1. The molecule has 0 bridgehead atoms. The van der Waals surface area contributed by atoms with Crippen LogP contribution in [0.1, 0.15) is 30.9 Å². The first-order chi connectivity index (χ1) is 9.61. The molecule has 1 aromatic carbocycles. The number of rotatable bonds is 9. The molecule has 0 heterocycles. The molecule has 0 spiro atoms. The molecule has 1 amide bonds. The molecule has 1 atom stereocenters. The lowest BCUT2D eigenvalue weighted by Gasteiger charge is -2.08. The van der Waals surface area contributed by atoms with E-state index < -0.39 is 0 Å². The number of nitrogens with one attached hydrogen (secondary N) is 1. The number of thioether (sulfide) groups is 1. The quantitative estimate of drug-likeness (QED) is 0.689. The molecule has 0 aromatic heterocycles. The van der Waals surface area contributed by atoms with Crippen molar-refractivity contribution in [3.8, 4) is 0 Å². The van der Waals surface area contributed by atoms with Gasteiger partial charge in [-0.05, 0) is 31.2 Å². The summed E-state index contributed by atoms with van der Waals surface area (Å²) >= 11 is 1.64. The van der Waals surface area contributed by atoms with Gasteiger partial charge in [-0.25, -0.2) is 0 Å². The summed E-state index contributed by atoms with van der Waals surface area (Å²) in [6, 6.07) is 8.41. The molecule has 0 saturated carbocycles. The number of carbonyl (C=O) groups is 1. The van der Waals surface area contributed by atoms with E-state index in [9.17, 15) is 4.79 Å². The number of hydrogen-bond donors (Lipinski definition) is 2. The number of aliphatic hydroxyl groups excluding tert-OH is 1. The first kappa shape index (κ1) is 17.1. The van der Waals surface area contributed by atoms with Crippen LogP contribution in [0.5, 0.6) is 0 Å². The van der Waals surface area contributed by atoms with Crippen molar-refractivity contribution in [1.82, 2.24) is 5.32 Å². The van der Waals surface area contributed by atoms with Crippen LogP contribution in [0, 0.1) is 12.8 Å². The Bertz CT molecular complexity index is 392. The minimum absolute atomic E-state index is 0.0961. The molecular formula is C16H25NO2S. The van der Waals surface area contributed by atoms with Crippen molar-refractivity contribution >= 4 is 17.7 Å². The van der Waals surface area contributed by atoms with Crippen LogP contribution < -0.4 is 5.32 Å². The predicted octanol–water partition coefficient (Wildman–Crippen LogP) is 2.75. The molecule has 3 nitrogen and oxygen atoms in total. The van der Waals surface area contributed by atoms with E-state index in [2.05, 4.69) is 36.5 Å². The zero-order valence-corrected chi connectivity index (χ0v) is 13.2. The average Bonchev–Trinajstić information content (AvgIpc) is 2.45. The van der Waals surface area contributed by atoms with Crippen LogP contribution in [0.4, 0.5) is 0 Å². The molecule has 20 heavy (non-hydrogen) atoms. The highest BCUT2D eigenvalue weighted by Crippen LogP contribution is 2.12. The molecule has 4 heteroatoms. The van der Waals surface area contributed by atoms with E-state index in [0.29, 0.717) is 18.2 Å². The minimum Gasteiger partial charge on any atom is -0.396 e. The van der Waals surface area contributed by atoms with E-state index in [0.717, 1.165) is 18.6 Å². The zero-order chi connectivity index (χ0) is 14.8. The lowest BCUT2D eigenvalue weighted by atomic mass is 10.1. The third kappa shape index (κ3) is 7.56. The fraction of sp³-hybridized carbons (Fsp3) is 0.562.